The Kier molecular flexibility index (Phi) is 5.21. The summed E-state index contributed by atoms with van der Waals surface area (Å²) in [7, 11) is 0. The fourth-order valence-electron chi connectivity index (χ4n) is 2.31. The SMILES string of the molecule is Cc1cccc(NC(=O)COc2cc(C)ccc2C(C)C)c1. The van der Waals surface area contributed by atoms with Gasteiger partial charge >= 0.3 is 0 Å². The van der Waals surface area contributed by atoms with Crippen LogP contribution in [-0.2, 0) is 4.79 Å². The molecule has 0 heterocycles. The summed E-state index contributed by atoms with van der Waals surface area (Å²) >= 11 is 0. The van der Waals surface area contributed by atoms with Gasteiger partial charge in [-0.3, -0.25) is 4.79 Å². The highest BCUT2D eigenvalue weighted by molar-refractivity contribution is 5.91. The maximum atomic E-state index is 12.0. The van der Waals surface area contributed by atoms with Crippen molar-refractivity contribution >= 4 is 11.6 Å². The second-order valence-corrected chi connectivity index (χ2v) is 5.90. The second-order valence-electron chi connectivity index (χ2n) is 5.90. The number of aryl methyl sites for hydroxylation is 2. The standard InChI is InChI=1S/C19H23NO2/c1-13(2)17-9-8-15(4)11-18(17)22-12-19(21)20-16-7-5-6-14(3)10-16/h5-11,13H,12H2,1-4H3,(H,20,21). The molecule has 0 aliphatic carbocycles. The summed E-state index contributed by atoms with van der Waals surface area (Å²) in [5.74, 6) is 0.992. The Bertz CT molecular complexity index is 662. The molecule has 3 nitrogen and oxygen atoms in total. The Balaban J connectivity index is 2.01. The van der Waals surface area contributed by atoms with E-state index in [9.17, 15) is 4.79 Å². The van der Waals surface area contributed by atoms with Crippen LogP contribution in [0, 0.1) is 13.8 Å². The van der Waals surface area contributed by atoms with Crippen molar-refractivity contribution in [1.29, 1.82) is 0 Å². The van der Waals surface area contributed by atoms with Gasteiger partial charge in [0.2, 0.25) is 0 Å². The monoisotopic (exact) mass is 297 g/mol. The number of anilines is 1. The zero-order chi connectivity index (χ0) is 16.1. The van der Waals surface area contributed by atoms with Crippen molar-refractivity contribution in [3.8, 4) is 5.75 Å². The van der Waals surface area contributed by atoms with Crippen LogP contribution in [0.2, 0.25) is 0 Å². The lowest BCUT2D eigenvalue weighted by Crippen LogP contribution is -2.20. The zero-order valence-corrected chi connectivity index (χ0v) is 13.6. The van der Waals surface area contributed by atoms with Crippen LogP contribution in [0.3, 0.4) is 0 Å². The van der Waals surface area contributed by atoms with Gasteiger partial charge in [0.05, 0.1) is 0 Å². The summed E-state index contributed by atoms with van der Waals surface area (Å²) in [5.41, 5.74) is 4.15. The normalized spacial score (nSPS) is 10.6. The summed E-state index contributed by atoms with van der Waals surface area (Å²) in [6, 6.07) is 13.8. The predicted molar refractivity (Wildman–Crippen MR) is 90.6 cm³/mol. The molecule has 0 radical (unpaired) electrons. The van der Waals surface area contributed by atoms with Crippen molar-refractivity contribution in [3.63, 3.8) is 0 Å². The second kappa shape index (κ2) is 7.12. The molecule has 116 valence electrons. The molecule has 0 aliphatic heterocycles. The summed E-state index contributed by atoms with van der Waals surface area (Å²) in [6.45, 7) is 8.25. The van der Waals surface area contributed by atoms with Crippen molar-refractivity contribution in [2.45, 2.75) is 33.6 Å². The highest BCUT2D eigenvalue weighted by Crippen LogP contribution is 2.27. The molecule has 0 spiro atoms. The lowest BCUT2D eigenvalue weighted by Gasteiger charge is -2.15. The lowest BCUT2D eigenvalue weighted by molar-refractivity contribution is -0.118. The minimum absolute atomic E-state index is 0.0110. The number of hydrogen-bond donors (Lipinski definition) is 1. The van der Waals surface area contributed by atoms with Gasteiger partial charge in [0.25, 0.3) is 5.91 Å². The van der Waals surface area contributed by atoms with Crippen LogP contribution in [0.15, 0.2) is 42.5 Å². The highest BCUT2D eigenvalue weighted by Gasteiger charge is 2.10. The Labute approximate surface area is 132 Å². The molecule has 3 heteroatoms. The number of rotatable bonds is 5. The fraction of sp³-hybridized carbons (Fsp3) is 0.316. The van der Waals surface area contributed by atoms with E-state index < -0.39 is 0 Å². The van der Waals surface area contributed by atoms with Crippen molar-refractivity contribution < 1.29 is 9.53 Å². The van der Waals surface area contributed by atoms with Gasteiger partial charge in [0.1, 0.15) is 5.75 Å². The molecule has 0 atom stereocenters. The van der Waals surface area contributed by atoms with Gasteiger partial charge in [0, 0.05) is 5.69 Å². The van der Waals surface area contributed by atoms with E-state index >= 15 is 0 Å². The van der Waals surface area contributed by atoms with Crippen molar-refractivity contribution in [1.82, 2.24) is 0 Å². The smallest absolute Gasteiger partial charge is 0.262 e. The molecule has 2 aromatic rings. The third-order valence-corrected chi connectivity index (χ3v) is 3.45. The first-order chi connectivity index (χ1) is 10.5. The molecule has 0 saturated heterocycles. The molecule has 1 amide bonds. The van der Waals surface area contributed by atoms with Crippen molar-refractivity contribution in [2.75, 3.05) is 11.9 Å². The molecule has 22 heavy (non-hydrogen) atoms. The van der Waals surface area contributed by atoms with Crippen LogP contribution in [-0.4, -0.2) is 12.5 Å². The summed E-state index contributed by atoms with van der Waals surface area (Å²) in [5, 5.41) is 2.85. The van der Waals surface area contributed by atoms with E-state index in [0.29, 0.717) is 5.92 Å². The van der Waals surface area contributed by atoms with Gasteiger partial charge in [-0.25, -0.2) is 0 Å². The Morgan fingerprint density at radius 2 is 1.82 bits per heavy atom. The first-order valence-corrected chi connectivity index (χ1v) is 7.55. The van der Waals surface area contributed by atoms with Gasteiger partial charge in [-0.05, 0) is 54.7 Å². The molecule has 0 unspecified atom stereocenters. The number of ether oxygens (including phenoxy) is 1. The number of amides is 1. The van der Waals surface area contributed by atoms with E-state index in [1.807, 2.05) is 44.2 Å². The van der Waals surface area contributed by atoms with Gasteiger partial charge in [-0.2, -0.15) is 0 Å². The van der Waals surface area contributed by atoms with Crippen LogP contribution in [0.5, 0.6) is 5.75 Å². The summed E-state index contributed by atoms with van der Waals surface area (Å²) in [6.07, 6.45) is 0. The Morgan fingerprint density at radius 3 is 2.50 bits per heavy atom. The fourth-order valence-corrected chi connectivity index (χ4v) is 2.31. The quantitative estimate of drug-likeness (QED) is 0.885. The van der Waals surface area contributed by atoms with Crippen molar-refractivity contribution in [2.24, 2.45) is 0 Å². The lowest BCUT2D eigenvalue weighted by atomic mass is 10.0. The van der Waals surface area contributed by atoms with Crippen LogP contribution in [0.25, 0.3) is 0 Å². The Hall–Kier alpha value is -2.29. The maximum absolute atomic E-state index is 12.0. The average Bonchev–Trinajstić information content (AvgIpc) is 2.45. The van der Waals surface area contributed by atoms with Crippen LogP contribution >= 0.6 is 0 Å². The molecular weight excluding hydrogens is 274 g/mol. The third kappa shape index (κ3) is 4.35. The van der Waals surface area contributed by atoms with E-state index in [-0.39, 0.29) is 12.5 Å². The van der Waals surface area contributed by atoms with Crippen LogP contribution in [0.1, 0.15) is 36.5 Å². The van der Waals surface area contributed by atoms with Gasteiger partial charge in [0.15, 0.2) is 6.61 Å². The molecule has 0 aliphatic rings. The van der Waals surface area contributed by atoms with E-state index in [1.165, 1.54) is 0 Å². The van der Waals surface area contributed by atoms with Gasteiger partial charge < -0.3 is 10.1 Å². The van der Waals surface area contributed by atoms with Crippen molar-refractivity contribution in [3.05, 3.63) is 59.2 Å². The highest BCUT2D eigenvalue weighted by atomic mass is 16.5. The topological polar surface area (TPSA) is 38.3 Å². The third-order valence-electron chi connectivity index (χ3n) is 3.45. The summed E-state index contributed by atoms with van der Waals surface area (Å²) in [4.78, 5) is 12.0. The van der Waals surface area contributed by atoms with E-state index in [2.05, 4.69) is 31.3 Å². The molecular formula is C19H23NO2. The minimum atomic E-state index is -0.151. The largest absolute Gasteiger partial charge is 0.483 e. The molecule has 2 rings (SSSR count). The van der Waals surface area contributed by atoms with Gasteiger partial charge in [-0.15, -0.1) is 0 Å². The van der Waals surface area contributed by atoms with E-state index in [0.717, 1.165) is 28.1 Å². The summed E-state index contributed by atoms with van der Waals surface area (Å²) < 4.78 is 5.73. The number of hydrogen-bond acceptors (Lipinski definition) is 2. The van der Waals surface area contributed by atoms with E-state index in [1.54, 1.807) is 0 Å². The molecule has 0 aromatic heterocycles. The zero-order valence-electron chi connectivity index (χ0n) is 13.6. The first kappa shape index (κ1) is 16.1. The molecule has 2 aromatic carbocycles. The van der Waals surface area contributed by atoms with Crippen LogP contribution in [0.4, 0.5) is 5.69 Å². The number of carbonyl (C=O) groups is 1. The molecule has 0 fully saturated rings. The van der Waals surface area contributed by atoms with E-state index in [4.69, 9.17) is 4.74 Å². The number of nitrogens with one attached hydrogen (secondary N) is 1. The first-order valence-electron chi connectivity index (χ1n) is 7.55. The van der Waals surface area contributed by atoms with Crippen LogP contribution < -0.4 is 10.1 Å². The molecule has 1 N–H and O–H groups in total. The minimum Gasteiger partial charge on any atom is -0.483 e. The molecule has 0 saturated carbocycles. The predicted octanol–water partition coefficient (Wildman–Crippen LogP) is 4.44. The molecule has 0 bridgehead atoms. The maximum Gasteiger partial charge on any atom is 0.262 e. The Morgan fingerprint density at radius 1 is 1.09 bits per heavy atom. The number of carbonyl (C=O) groups excluding carboxylic acids is 1. The number of benzene rings is 2. The van der Waals surface area contributed by atoms with Gasteiger partial charge in [-0.1, -0.05) is 38.1 Å². The average molecular weight is 297 g/mol.